The quantitative estimate of drug-likeness (QED) is 0.749. The molecule has 1 N–H and O–H groups in total. The van der Waals surface area contributed by atoms with Crippen LogP contribution in [0.15, 0.2) is 12.1 Å². The molecule has 0 radical (unpaired) electrons. The Labute approximate surface area is 176 Å². The standard InChI is InChI=1S/C21H29N3O6/c1-13(23-6-8-24(9-7-23)20(27)30-21(3,4)5)19(26)22-16-11-18-17(28-12-29-18)10-15(16)14(2)25/h10-11,13H,6-9,12H2,1-5H3,(H,22,26). The van der Waals surface area contributed by atoms with E-state index < -0.39 is 11.6 Å². The maximum absolute atomic E-state index is 12.8. The first-order chi connectivity index (χ1) is 14.0. The number of nitrogens with one attached hydrogen (secondary N) is 1. The number of nitrogens with zero attached hydrogens (tertiary/aromatic N) is 2. The Morgan fingerprint density at radius 1 is 1.07 bits per heavy atom. The van der Waals surface area contributed by atoms with Crippen LogP contribution in [0.1, 0.15) is 45.0 Å². The average Bonchev–Trinajstić information content (AvgIpc) is 3.12. The van der Waals surface area contributed by atoms with E-state index in [0.717, 1.165) is 0 Å². The Morgan fingerprint density at radius 2 is 1.67 bits per heavy atom. The summed E-state index contributed by atoms with van der Waals surface area (Å²) in [7, 11) is 0. The summed E-state index contributed by atoms with van der Waals surface area (Å²) in [5, 5.41) is 2.84. The molecule has 9 heteroatoms. The lowest BCUT2D eigenvalue weighted by atomic mass is 10.1. The van der Waals surface area contributed by atoms with Crippen LogP contribution in [-0.2, 0) is 9.53 Å². The third kappa shape index (κ3) is 5.02. The van der Waals surface area contributed by atoms with Gasteiger partial charge in [-0.1, -0.05) is 0 Å². The molecule has 1 fully saturated rings. The number of rotatable bonds is 4. The number of benzene rings is 1. The van der Waals surface area contributed by atoms with E-state index in [1.165, 1.54) is 6.92 Å². The largest absolute Gasteiger partial charge is 0.454 e. The predicted octanol–water partition coefficient (Wildman–Crippen LogP) is 2.50. The molecule has 30 heavy (non-hydrogen) atoms. The van der Waals surface area contributed by atoms with E-state index >= 15 is 0 Å². The van der Waals surface area contributed by atoms with Gasteiger partial charge in [0.25, 0.3) is 0 Å². The highest BCUT2D eigenvalue weighted by Crippen LogP contribution is 2.37. The lowest BCUT2D eigenvalue weighted by molar-refractivity contribution is -0.121. The Bertz CT molecular complexity index is 840. The molecular formula is C21H29N3O6. The van der Waals surface area contributed by atoms with Gasteiger partial charge in [-0.3, -0.25) is 14.5 Å². The van der Waals surface area contributed by atoms with E-state index in [4.69, 9.17) is 14.2 Å². The summed E-state index contributed by atoms with van der Waals surface area (Å²) in [4.78, 5) is 40.7. The fraction of sp³-hybridized carbons (Fsp3) is 0.571. The third-order valence-corrected chi connectivity index (χ3v) is 5.04. The highest BCUT2D eigenvalue weighted by molar-refractivity contribution is 6.05. The molecule has 1 unspecified atom stereocenters. The molecule has 9 nitrogen and oxygen atoms in total. The van der Waals surface area contributed by atoms with Crippen LogP contribution in [-0.4, -0.2) is 72.2 Å². The van der Waals surface area contributed by atoms with Crippen LogP contribution in [0.4, 0.5) is 10.5 Å². The molecule has 1 aromatic carbocycles. The molecule has 0 bridgehead atoms. The van der Waals surface area contributed by atoms with Crippen LogP contribution < -0.4 is 14.8 Å². The minimum Gasteiger partial charge on any atom is -0.454 e. The van der Waals surface area contributed by atoms with E-state index in [1.54, 1.807) is 24.0 Å². The Kier molecular flexibility index (Phi) is 6.21. The van der Waals surface area contributed by atoms with Gasteiger partial charge >= 0.3 is 6.09 Å². The first-order valence-electron chi connectivity index (χ1n) is 10.0. The number of ether oxygens (including phenoxy) is 3. The van der Waals surface area contributed by atoms with Crippen LogP contribution in [0.3, 0.4) is 0 Å². The molecule has 1 aromatic rings. The molecule has 2 aliphatic rings. The van der Waals surface area contributed by atoms with Gasteiger partial charge in [-0.25, -0.2) is 4.79 Å². The number of amides is 2. The summed E-state index contributed by atoms with van der Waals surface area (Å²) in [6.45, 7) is 10.9. The molecule has 2 amide bonds. The Hall–Kier alpha value is -2.81. The van der Waals surface area contributed by atoms with Crippen molar-refractivity contribution in [2.45, 2.75) is 46.3 Å². The van der Waals surface area contributed by atoms with Gasteiger partial charge in [0.15, 0.2) is 17.3 Å². The maximum Gasteiger partial charge on any atom is 0.410 e. The summed E-state index contributed by atoms with van der Waals surface area (Å²) in [6, 6.07) is 2.77. The molecule has 1 saturated heterocycles. The molecule has 2 aliphatic heterocycles. The average molecular weight is 419 g/mol. The van der Waals surface area contributed by atoms with Crippen LogP contribution in [0.2, 0.25) is 0 Å². The van der Waals surface area contributed by atoms with E-state index in [9.17, 15) is 14.4 Å². The SMILES string of the molecule is CC(=O)c1cc2c(cc1NC(=O)C(C)N1CCN(C(=O)OC(C)(C)C)CC1)OCO2. The van der Waals surface area contributed by atoms with Crippen molar-refractivity contribution >= 4 is 23.5 Å². The van der Waals surface area contributed by atoms with Gasteiger partial charge < -0.3 is 24.4 Å². The van der Waals surface area contributed by atoms with Crippen LogP contribution in [0, 0.1) is 0 Å². The molecule has 2 heterocycles. The van der Waals surface area contributed by atoms with E-state index in [2.05, 4.69) is 5.32 Å². The molecule has 164 valence electrons. The van der Waals surface area contributed by atoms with Crippen LogP contribution in [0.5, 0.6) is 11.5 Å². The van der Waals surface area contributed by atoms with Gasteiger partial charge in [0.2, 0.25) is 12.7 Å². The van der Waals surface area contributed by atoms with Gasteiger partial charge in [-0.05, 0) is 40.7 Å². The molecule has 0 aromatic heterocycles. The maximum atomic E-state index is 12.8. The third-order valence-electron chi connectivity index (χ3n) is 5.04. The zero-order valence-corrected chi connectivity index (χ0v) is 18.1. The van der Waals surface area contributed by atoms with E-state index in [1.807, 2.05) is 25.7 Å². The molecule has 0 saturated carbocycles. The fourth-order valence-electron chi connectivity index (χ4n) is 3.36. The second-order valence-corrected chi connectivity index (χ2v) is 8.48. The molecule has 1 atom stereocenters. The zero-order valence-electron chi connectivity index (χ0n) is 18.1. The van der Waals surface area contributed by atoms with Gasteiger partial charge in [0.1, 0.15) is 5.60 Å². The van der Waals surface area contributed by atoms with Gasteiger partial charge in [0.05, 0.1) is 11.7 Å². The summed E-state index contributed by atoms with van der Waals surface area (Å²) in [6.07, 6.45) is -0.342. The number of Topliss-reactive ketones (excluding diaryl/α,β-unsaturated/α-hetero) is 1. The van der Waals surface area contributed by atoms with Crippen LogP contribution in [0.25, 0.3) is 0 Å². The lowest BCUT2D eigenvalue weighted by Gasteiger charge is -2.37. The Balaban J connectivity index is 1.61. The molecule has 3 rings (SSSR count). The number of carbonyl (C=O) groups excluding carboxylic acids is 3. The van der Waals surface area contributed by atoms with Gasteiger partial charge in [-0.2, -0.15) is 0 Å². The topological polar surface area (TPSA) is 97.4 Å². The predicted molar refractivity (Wildman–Crippen MR) is 110 cm³/mol. The van der Waals surface area contributed by atoms with Crippen molar-refractivity contribution < 1.29 is 28.6 Å². The highest BCUT2D eigenvalue weighted by atomic mass is 16.7. The number of piperazine rings is 1. The second kappa shape index (κ2) is 8.51. The van der Waals surface area contributed by atoms with Crippen molar-refractivity contribution in [3.63, 3.8) is 0 Å². The minimum atomic E-state index is -0.541. The minimum absolute atomic E-state index is 0.0857. The number of hydrogen-bond acceptors (Lipinski definition) is 7. The van der Waals surface area contributed by atoms with Crippen molar-refractivity contribution in [1.82, 2.24) is 9.80 Å². The lowest BCUT2D eigenvalue weighted by Crippen LogP contribution is -2.54. The van der Waals surface area contributed by atoms with Crippen molar-refractivity contribution in [2.24, 2.45) is 0 Å². The Morgan fingerprint density at radius 3 is 2.23 bits per heavy atom. The first kappa shape index (κ1) is 21.9. The zero-order chi connectivity index (χ0) is 22.1. The number of hydrogen-bond donors (Lipinski definition) is 1. The van der Waals surface area contributed by atoms with Crippen molar-refractivity contribution in [3.8, 4) is 11.5 Å². The smallest absolute Gasteiger partial charge is 0.410 e. The van der Waals surface area contributed by atoms with Crippen molar-refractivity contribution in [1.29, 1.82) is 0 Å². The van der Waals surface area contributed by atoms with Crippen LogP contribution >= 0.6 is 0 Å². The molecule has 0 spiro atoms. The summed E-state index contributed by atoms with van der Waals surface area (Å²) >= 11 is 0. The summed E-state index contributed by atoms with van der Waals surface area (Å²) < 4.78 is 16.1. The van der Waals surface area contributed by atoms with Gasteiger partial charge in [0, 0.05) is 37.8 Å². The molecular weight excluding hydrogens is 390 g/mol. The normalized spacial score (nSPS) is 17.4. The van der Waals surface area contributed by atoms with Crippen molar-refractivity contribution in [3.05, 3.63) is 17.7 Å². The number of anilines is 1. The second-order valence-electron chi connectivity index (χ2n) is 8.48. The monoisotopic (exact) mass is 419 g/mol. The van der Waals surface area contributed by atoms with Crippen molar-refractivity contribution in [2.75, 3.05) is 38.3 Å². The van der Waals surface area contributed by atoms with Gasteiger partial charge in [-0.15, -0.1) is 0 Å². The summed E-state index contributed by atoms with van der Waals surface area (Å²) in [5.41, 5.74) is 0.228. The van der Waals surface area contributed by atoms with E-state index in [0.29, 0.717) is 48.9 Å². The molecule has 0 aliphatic carbocycles. The van der Waals surface area contributed by atoms with E-state index in [-0.39, 0.29) is 24.6 Å². The number of carbonyl (C=O) groups is 3. The summed E-state index contributed by atoms with van der Waals surface area (Å²) in [5.74, 6) is 0.572. The fourth-order valence-corrected chi connectivity index (χ4v) is 3.36. The first-order valence-corrected chi connectivity index (χ1v) is 10.0. The number of fused-ring (bicyclic) bond motifs is 1. The highest BCUT2D eigenvalue weighted by Gasteiger charge is 2.30. The number of ketones is 1.